The van der Waals surface area contributed by atoms with Crippen molar-refractivity contribution in [2.75, 3.05) is 13.1 Å². The Bertz CT molecular complexity index is 885. The summed E-state index contributed by atoms with van der Waals surface area (Å²) in [5.41, 5.74) is 4.87. The first-order valence-corrected chi connectivity index (χ1v) is 10.4. The van der Waals surface area contributed by atoms with Crippen molar-refractivity contribution < 1.29 is 10.2 Å². The van der Waals surface area contributed by atoms with Gasteiger partial charge >= 0.3 is 0 Å². The van der Waals surface area contributed by atoms with Gasteiger partial charge in [-0.3, -0.25) is 5.43 Å². The lowest BCUT2D eigenvalue weighted by Crippen LogP contribution is -2.45. The fraction of sp³-hybridized carbons (Fsp3) is 0.333. The summed E-state index contributed by atoms with van der Waals surface area (Å²) < 4.78 is 0. The van der Waals surface area contributed by atoms with E-state index >= 15 is 0 Å². The average molecular weight is 444 g/mol. The van der Waals surface area contributed by atoms with Gasteiger partial charge in [0.15, 0.2) is 5.11 Å². The highest BCUT2D eigenvalue weighted by Crippen LogP contribution is 2.40. The summed E-state index contributed by atoms with van der Waals surface area (Å²) in [5.74, 6) is 0.140. The van der Waals surface area contributed by atoms with E-state index in [-0.39, 0.29) is 11.9 Å². The minimum Gasteiger partial charge on any atom is -0.506 e. The Kier molecular flexibility index (Phi) is 6.60. The van der Waals surface area contributed by atoms with Gasteiger partial charge in [-0.15, -0.1) is 11.3 Å². The van der Waals surface area contributed by atoms with Gasteiger partial charge in [-0.2, -0.15) is 5.10 Å². The number of β-amino-alcohol motifs (C(OH)–C–C–N with tert-alkyl or cyclic N) is 1. The predicted octanol–water partition coefficient (Wildman–Crippen LogP) is 4.48. The summed E-state index contributed by atoms with van der Waals surface area (Å²) in [5, 5.41) is 27.9. The number of aromatic hydroxyl groups is 1. The number of thiocarbonyl (C=S) groups is 1. The summed E-state index contributed by atoms with van der Waals surface area (Å²) in [6.45, 7) is 3.09. The van der Waals surface area contributed by atoms with Crippen LogP contribution in [0.2, 0.25) is 10.0 Å². The smallest absolute Gasteiger partial charge is 0.189 e. The van der Waals surface area contributed by atoms with E-state index < -0.39 is 0 Å². The number of hydrazone groups is 1. The lowest BCUT2D eigenvalue weighted by molar-refractivity contribution is 0.103. The zero-order chi connectivity index (χ0) is 19.6. The van der Waals surface area contributed by atoms with Crippen molar-refractivity contribution in [3.05, 3.63) is 39.2 Å². The molecule has 144 valence electrons. The SMILES string of the molecule is C/C(=N\NC(=S)N1CCCC(O)C1)c1csc(-c2ccc(Cl)c(Cl)c2)c1O. The Morgan fingerprint density at radius 1 is 1.37 bits per heavy atom. The summed E-state index contributed by atoms with van der Waals surface area (Å²) in [7, 11) is 0. The number of aliphatic hydroxyl groups excluding tert-OH is 1. The zero-order valence-electron chi connectivity index (χ0n) is 14.6. The van der Waals surface area contributed by atoms with Gasteiger partial charge in [-0.05, 0) is 49.7 Å². The molecule has 1 saturated heterocycles. The Morgan fingerprint density at radius 2 is 2.15 bits per heavy atom. The van der Waals surface area contributed by atoms with Gasteiger partial charge in [0.1, 0.15) is 5.75 Å². The number of aliphatic hydroxyl groups is 1. The quantitative estimate of drug-likeness (QED) is 0.370. The van der Waals surface area contributed by atoms with E-state index in [0.717, 1.165) is 24.9 Å². The van der Waals surface area contributed by atoms with Crippen molar-refractivity contribution >= 4 is 57.6 Å². The van der Waals surface area contributed by atoms with E-state index in [1.54, 1.807) is 19.1 Å². The third kappa shape index (κ3) is 4.73. The fourth-order valence-electron chi connectivity index (χ4n) is 2.85. The molecule has 1 fully saturated rings. The van der Waals surface area contributed by atoms with Gasteiger partial charge in [0.2, 0.25) is 0 Å². The molecule has 1 aromatic carbocycles. The number of rotatable bonds is 3. The molecular formula is C18H19Cl2N3O2S2. The largest absolute Gasteiger partial charge is 0.506 e. The molecule has 27 heavy (non-hydrogen) atoms. The van der Waals surface area contributed by atoms with Gasteiger partial charge in [0.05, 0.1) is 32.3 Å². The number of hydrogen-bond acceptors (Lipinski definition) is 5. The third-order valence-electron chi connectivity index (χ3n) is 4.34. The van der Waals surface area contributed by atoms with E-state index in [0.29, 0.717) is 37.9 Å². The molecule has 0 spiro atoms. The highest BCUT2D eigenvalue weighted by molar-refractivity contribution is 7.80. The number of benzene rings is 1. The van der Waals surface area contributed by atoms with E-state index in [1.807, 2.05) is 16.3 Å². The number of piperidine rings is 1. The summed E-state index contributed by atoms with van der Waals surface area (Å²) in [6.07, 6.45) is 1.32. The van der Waals surface area contributed by atoms with Crippen molar-refractivity contribution in [3.8, 4) is 16.2 Å². The molecule has 3 rings (SSSR count). The van der Waals surface area contributed by atoms with Crippen LogP contribution >= 0.6 is 46.8 Å². The monoisotopic (exact) mass is 443 g/mol. The average Bonchev–Trinajstić information content (AvgIpc) is 3.03. The van der Waals surface area contributed by atoms with Gasteiger partial charge in [-0.25, -0.2) is 0 Å². The standard InChI is InChI=1S/C18H19Cl2N3O2S2/c1-10(21-22-18(26)23-6-2-3-12(24)8-23)13-9-27-17(16(13)25)11-4-5-14(19)15(20)7-11/h4-5,7,9,12,24-25H,2-3,6,8H2,1H3,(H,22,26)/b21-10+. The minimum absolute atomic E-state index is 0.140. The number of thiophene rings is 1. The number of nitrogens with one attached hydrogen (secondary N) is 1. The maximum atomic E-state index is 10.6. The molecule has 0 aliphatic carbocycles. The Labute approximate surface area is 177 Å². The lowest BCUT2D eigenvalue weighted by atomic mass is 10.1. The second-order valence-electron chi connectivity index (χ2n) is 6.31. The predicted molar refractivity (Wildman–Crippen MR) is 116 cm³/mol. The van der Waals surface area contributed by atoms with Gasteiger partial charge in [0.25, 0.3) is 0 Å². The number of hydrogen-bond donors (Lipinski definition) is 3. The first-order valence-electron chi connectivity index (χ1n) is 8.40. The van der Waals surface area contributed by atoms with E-state index in [2.05, 4.69) is 10.5 Å². The summed E-state index contributed by atoms with van der Waals surface area (Å²) in [4.78, 5) is 2.59. The van der Waals surface area contributed by atoms with E-state index in [1.165, 1.54) is 11.3 Å². The normalized spacial score (nSPS) is 17.9. The van der Waals surface area contributed by atoms with E-state index in [9.17, 15) is 10.2 Å². The first kappa shape index (κ1) is 20.4. The second-order valence-corrected chi connectivity index (χ2v) is 8.39. The van der Waals surface area contributed by atoms with Crippen LogP contribution in [0.15, 0.2) is 28.7 Å². The Balaban J connectivity index is 1.74. The molecule has 2 aromatic rings. The number of nitrogens with zero attached hydrogens (tertiary/aromatic N) is 2. The molecule has 1 aliphatic heterocycles. The third-order valence-corrected chi connectivity index (χ3v) is 6.45. The van der Waals surface area contributed by atoms with Crippen molar-refractivity contribution in [2.45, 2.75) is 25.9 Å². The van der Waals surface area contributed by atoms with Gasteiger partial charge in [-0.1, -0.05) is 29.3 Å². The molecule has 1 aliphatic rings. The van der Waals surface area contributed by atoms with Crippen LogP contribution in [0, 0.1) is 0 Å². The molecule has 1 aromatic heterocycles. The first-order chi connectivity index (χ1) is 12.9. The number of halogens is 2. The van der Waals surface area contributed by atoms with Crippen LogP contribution in [0.4, 0.5) is 0 Å². The molecule has 0 amide bonds. The lowest BCUT2D eigenvalue weighted by Gasteiger charge is -2.31. The van der Waals surface area contributed by atoms with Crippen molar-refractivity contribution in [1.29, 1.82) is 0 Å². The van der Waals surface area contributed by atoms with Crippen molar-refractivity contribution in [3.63, 3.8) is 0 Å². The highest BCUT2D eigenvalue weighted by Gasteiger charge is 2.20. The van der Waals surface area contributed by atoms with Crippen LogP contribution in [0.5, 0.6) is 5.75 Å². The minimum atomic E-state index is -0.363. The molecule has 1 unspecified atom stereocenters. The summed E-state index contributed by atoms with van der Waals surface area (Å²) in [6, 6.07) is 5.23. The molecule has 0 radical (unpaired) electrons. The molecule has 3 N–H and O–H groups in total. The molecule has 9 heteroatoms. The fourth-order valence-corrected chi connectivity index (χ4v) is 4.36. The maximum absolute atomic E-state index is 10.6. The summed E-state index contributed by atoms with van der Waals surface area (Å²) >= 11 is 18.8. The van der Waals surface area contributed by atoms with E-state index in [4.69, 9.17) is 35.4 Å². The van der Waals surface area contributed by atoms with Crippen LogP contribution in [-0.2, 0) is 0 Å². The van der Waals surface area contributed by atoms with Crippen molar-refractivity contribution in [1.82, 2.24) is 10.3 Å². The molecule has 0 bridgehead atoms. The van der Waals surface area contributed by atoms with Crippen LogP contribution in [0.1, 0.15) is 25.3 Å². The molecule has 0 saturated carbocycles. The highest BCUT2D eigenvalue weighted by atomic mass is 35.5. The zero-order valence-corrected chi connectivity index (χ0v) is 17.7. The number of likely N-dealkylation sites (tertiary alicyclic amines) is 1. The second kappa shape index (κ2) is 8.75. The van der Waals surface area contributed by atoms with Crippen LogP contribution in [0.25, 0.3) is 10.4 Å². The Morgan fingerprint density at radius 3 is 2.85 bits per heavy atom. The van der Waals surface area contributed by atoms with Crippen molar-refractivity contribution in [2.24, 2.45) is 5.10 Å². The van der Waals surface area contributed by atoms with Crippen LogP contribution in [0.3, 0.4) is 0 Å². The maximum Gasteiger partial charge on any atom is 0.189 e. The molecular weight excluding hydrogens is 425 g/mol. The molecule has 2 heterocycles. The van der Waals surface area contributed by atoms with Gasteiger partial charge in [0, 0.05) is 18.5 Å². The van der Waals surface area contributed by atoms with Crippen LogP contribution in [-0.4, -0.2) is 45.1 Å². The molecule has 5 nitrogen and oxygen atoms in total. The molecule has 1 atom stereocenters. The van der Waals surface area contributed by atoms with Crippen LogP contribution < -0.4 is 5.43 Å². The van der Waals surface area contributed by atoms with Gasteiger partial charge < -0.3 is 15.1 Å². The topological polar surface area (TPSA) is 68.1 Å². The Hall–Kier alpha value is -1.38.